The standard InChI is InChI=1S/C11H14N2O2/c1-8(14)9-3-4-12-10(5-9)13-6-11(2,15)7-13/h3-5,15H,6-7H2,1-2H3. The molecular weight excluding hydrogens is 192 g/mol. The maximum atomic E-state index is 11.2. The van der Waals surface area contributed by atoms with Crippen LogP contribution in [0.4, 0.5) is 5.82 Å². The minimum atomic E-state index is -0.617. The third-order valence-electron chi connectivity index (χ3n) is 2.54. The van der Waals surface area contributed by atoms with Gasteiger partial charge < -0.3 is 10.0 Å². The molecular formula is C11H14N2O2. The Morgan fingerprint density at radius 2 is 2.27 bits per heavy atom. The van der Waals surface area contributed by atoms with E-state index in [0.29, 0.717) is 18.7 Å². The number of ketones is 1. The summed E-state index contributed by atoms with van der Waals surface area (Å²) >= 11 is 0. The largest absolute Gasteiger partial charge is 0.386 e. The molecule has 4 heteroatoms. The highest BCUT2D eigenvalue weighted by Gasteiger charge is 2.37. The second-order valence-corrected chi connectivity index (χ2v) is 4.31. The van der Waals surface area contributed by atoms with E-state index in [0.717, 1.165) is 5.82 Å². The van der Waals surface area contributed by atoms with Crippen molar-refractivity contribution in [3.05, 3.63) is 23.9 Å². The van der Waals surface area contributed by atoms with Crippen molar-refractivity contribution in [2.45, 2.75) is 19.4 Å². The topological polar surface area (TPSA) is 53.4 Å². The Morgan fingerprint density at radius 1 is 1.60 bits per heavy atom. The van der Waals surface area contributed by atoms with Crippen LogP contribution < -0.4 is 4.90 Å². The fraction of sp³-hybridized carbons (Fsp3) is 0.455. The Kier molecular flexibility index (Phi) is 2.23. The molecule has 0 atom stereocenters. The molecule has 4 nitrogen and oxygen atoms in total. The molecule has 0 amide bonds. The SMILES string of the molecule is CC(=O)c1ccnc(N2CC(C)(O)C2)c1. The van der Waals surface area contributed by atoms with E-state index in [4.69, 9.17) is 0 Å². The van der Waals surface area contributed by atoms with Gasteiger partial charge in [0.25, 0.3) is 0 Å². The number of carbonyl (C=O) groups excluding carboxylic acids is 1. The van der Waals surface area contributed by atoms with E-state index in [2.05, 4.69) is 4.98 Å². The van der Waals surface area contributed by atoms with Crippen molar-refractivity contribution >= 4 is 11.6 Å². The van der Waals surface area contributed by atoms with Crippen molar-refractivity contribution < 1.29 is 9.90 Å². The zero-order chi connectivity index (χ0) is 11.1. The van der Waals surface area contributed by atoms with E-state index in [1.165, 1.54) is 6.92 Å². The minimum Gasteiger partial charge on any atom is -0.386 e. The first-order valence-electron chi connectivity index (χ1n) is 4.92. The molecule has 0 bridgehead atoms. The second kappa shape index (κ2) is 3.31. The molecule has 1 aromatic rings. The van der Waals surface area contributed by atoms with Gasteiger partial charge in [-0.2, -0.15) is 0 Å². The van der Waals surface area contributed by atoms with E-state index >= 15 is 0 Å². The van der Waals surface area contributed by atoms with Gasteiger partial charge in [0.1, 0.15) is 5.82 Å². The average Bonchev–Trinajstić information content (AvgIpc) is 2.14. The third-order valence-corrected chi connectivity index (χ3v) is 2.54. The zero-order valence-electron chi connectivity index (χ0n) is 8.90. The number of carbonyl (C=O) groups is 1. The van der Waals surface area contributed by atoms with Crippen LogP contribution in [-0.2, 0) is 0 Å². The Bertz CT molecular complexity index is 393. The average molecular weight is 206 g/mol. The number of Topliss-reactive ketones (excluding diaryl/α,β-unsaturated/α-hetero) is 1. The van der Waals surface area contributed by atoms with Crippen molar-refractivity contribution in [2.24, 2.45) is 0 Å². The van der Waals surface area contributed by atoms with E-state index in [1.54, 1.807) is 25.3 Å². The number of rotatable bonds is 2. The molecule has 1 N–H and O–H groups in total. The highest BCUT2D eigenvalue weighted by Crippen LogP contribution is 2.25. The predicted molar refractivity (Wildman–Crippen MR) is 57.1 cm³/mol. The van der Waals surface area contributed by atoms with Crippen LogP contribution in [-0.4, -0.2) is 34.6 Å². The molecule has 0 radical (unpaired) electrons. The quantitative estimate of drug-likeness (QED) is 0.729. The number of anilines is 1. The van der Waals surface area contributed by atoms with Crippen LogP contribution in [0, 0.1) is 0 Å². The van der Waals surface area contributed by atoms with Crippen molar-refractivity contribution in [1.29, 1.82) is 0 Å². The molecule has 0 saturated carbocycles. The molecule has 0 aliphatic carbocycles. The predicted octanol–water partition coefficient (Wildman–Crippen LogP) is 0.855. The summed E-state index contributed by atoms with van der Waals surface area (Å²) < 4.78 is 0. The van der Waals surface area contributed by atoms with Crippen LogP contribution in [0.25, 0.3) is 0 Å². The van der Waals surface area contributed by atoms with Crippen molar-refractivity contribution in [3.63, 3.8) is 0 Å². The van der Waals surface area contributed by atoms with Gasteiger partial charge in [0, 0.05) is 24.8 Å². The summed E-state index contributed by atoms with van der Waals surface area (Å²) in [6.07, 6.45) is 1.62. The summed E-state index contributed by atoms with van der Waals surface area (Å²) in [5.74, 6) is 0.792. The van der Waals surface area contributed by atoms with Gasteiger partial charge in [0.15, 0.2) is 5.78 Å². The van der Waals surface area contributed by atoms with Gasteiger partial charge in [0.05, 0.1) is 5.60 Å². The summed E-state index contributed by atoms with van der Waals surface area (Å²) in [4.78, 5) is 17.3. The molecule has 2 rings (SSSR count). The summed E-state index contributed by atoms with van der Waals surface area (Å²) in [5.41, 5.74) is 0.0417. The first-order valence-corrected chi connectivity index (χ1v) is 4.92. The fourth-order valence-corrected chi connectivity index (χ4v) is 1.75. The molecule has 0 unspecified atom stereocenters. The molecule has 1 fully saturated rings. The van der Waals surface area contributed by atoms with Gasteiger partial charge in [-0.1, -0.05) is 0 Å². The van der Waals surface area contributed by atoms with E-state index < -0.39 is 5.60 Å². The lowest BCUT2D eigenvalue weighted by Crippen LogP contribution is -2.60. The fourth-order valence-electron chi connectivity index (χ4n) is 1.75. The van der Waals surface area contributed by atoms with Crippen molar-refractivity contribution in [2.75, 3.05) is 18.0 Å². The minimum absolute atomic E-state index is 0.0333. The Labute approximate surface area is 88.6 Å². The lowest BCUT2D eigenvalue weighted by molar-refractivity contribution is 0.0305. The van der Waals surface area contributed by atoms with E-state index in [9.17, 15) is 9.90 Å². The third kappa shape index (κ3) is 1.99. The van der Waals surface area contributed by atoms with Gasteiger partial charge in [-0.3, -0.25) is 4.79 Å². The van der Waals surface area contributed by atoms with Crippen LogP contribution in [0.5, 0.6) is 0 Å². The van der Waals surface area contributed by atoms with Crippen LogP contribution in [0.3, 0.4) is 0 Å². The lowest BCUT2D eigenvalue weighted by Gasteiger charge is -2.44. The number of aliphatic hydroxyl groups is 1. The molecule has 15 heavy (non-hydrogen) atoms. The van der Waals surface area contributed by atoms with Crippen LogP contribution >= 0.6 is 0 Å². The maximum Gasteiger partial charge on any atom is 0.159 e. The second-order valence-electron chi connectivity index (χ2n) is 4.31. The van der Waals surface area contributed by atoms with Gasteiger partial charge >= 0.3 is 0 Å². The highest BCUT2D eigenvalue weighted by atomic mass is 16.3. The van der Waals surface area contributed by atoms with E-state index in [1.807, 2.05) is 4.90 Å². The van der Waals surface area contributed by atoms with Crippen molar-refractivity contribution in [3.8, 4) is 0 Å². The molecule has 1 aliphatic heterocycles. The Hall–Kier alpha value is -1.42. The number of β-amino-alcohol motifs (C(OH)–C–C–N with tert-alkyl or cyclic N) is 1. The van der Waals surface area contributed by atoms with Gasteiger partial charge in [-0.05, 0) is 26.0 Å². The van der Waals surface area contributed by atoms with Crippen LogP contribution in [0.1, 0.15) is 24.2 Å². The smallest absolute Gasteiger partial charge is 0.159 e. The Morgan fingerprint density at radius 3 is 2.80 bits per heavy atom. The van der Waals surface area contributed by atoms with Crippen molar-refractivity contribution in [1.82, 2.24) is 4.98 Å². The molecule has 2 heterocycles. The van der Waals surface area contributed by atoms with Crippen LogP contribution in [0.15, 0.2) is 18.3 Å². The summed E-state index contributed by atoms with van der Waals surface area (Å²) in [6.45, 7) is 4.46. The van der Waals surface area contributed by atoms with Gasteiger partial charge in [0.2, 0.25) is 0 Å². The summed E-state index contributed by atoms with van der Waals surface area (Å²) in [6, 6.07) is 3.46. The van der Waals surface area contributed by atoms with Crippen LogP contribution in [0.2, 0.25) is 0 Å². The highest BCUT2D eigenvalue weighted by molar-refractivity contribution is 5.94. The lowest BCUT2D eigenvalue weighted by atomic mass is 9.97. The molecule has 0 aromatic carbocycles. The number of aromatic nitrogens is 1. The first-order chi connectivity index (χ1) is 6.98. The normalized spacial score (nSPS) is 18.5. The maximum absolute atomic E-state index is 11.2. The summed E-state index contributed by atoms with van der Waals surface area (Å²) in [5, 5.41) is 9.59. The monoisotopic (exact) mass is 206 g/mol. The molecule has 80 valence electrons. The summed E-state index contributed by atoms with van der Waals surface area (Å²) in [7, 11) is 0. The molecule has 0 spiro atoms. The van der Waals surface area contributed by atoms with Gasteiger partial charge in [-0.25, -0.2) is 4.98 Å². The molecule has 1 aromatic heterocycles. The number of nitrogens with zero attached hydrogens (tertiary/aromatic N) is 2. The number of hydrogen-bond donors (Lipinski definition) is 1. The zero-order valence-corrected chi connectivity index (χ0v) is 8.90. The molecule has 1 saturated heterocycles. The first kappa shape index (κ1) is 10.1. The van der Waals surface area contributed by atoms with E-state index in [-0.39, 0.29) is 5.78 Å². The molecule has 1 aliphatic rings. The Balaban J connectivity index is 2.17. The number of hydrogen-bond acceptors (Lipinski definition) is 4. The number of pyridine rings is 1. The van der Waals surface area contributed by atoms with Gasteiger partial charge in [-0.15, -0.1) is 0 Å².